The van der Waals surface area contributed by atoms with Gasteiger partial charge in [-0.05, 0) is 90.6 Å². The molecule has 1 aromatic heterocycles. The standard InChI is InChI=1S/C28H21F3N4O2S/c1-16-4-3-5-17(2)24(16)33-27(38)34-32-15-18-6-12-22-20(14-18)9-13-23-25(35-37-26(22)23)19-7-10-21(11-8-19)36-28(29,30)31/h3-15H,1-2H3,(H2,33,34,38). The van der Waals surface area contributed by atoms with Crippen molar-refractivity contribution in [2.75, 3.05) is 5.32 Å². The van der Waals surface area contributed by atoms with Crippen LogP contribution in [0.15, 0.2) is 82.4 Å². The number of rotatable bonds is 5. The van der Waals surface area contributed by atoms with Crippen molar-refractivity contribution in [1.82, 2.24) is 10.6 Å². The highest BCUT2D eigenvalue weighted by molar-refractivity contribution is 7.80. The van der Waals surface area contributed by atoms with Crippen LogP contribution in [0.3, 0.4) is 0 Å². The number of nitrogens with zero attached hydrogens (tertiary/aromatic N) is 2. The summed E-state index contributed by atoms with van der Waals surface area (Å²) in [5.74, 6) is -0.301. The maximum Gasteiger partial charge on any atom is 0.573 e. The molecule has 0 fully saturated rings. The van der Waals surface area contributed by atoms with E-state index < -0.39 is 6.36 Å². The number of halogens is 3. The van der Waals surface area contributed by atoms with Gasteiger partial charge >= 0.3 is 6.36 Å². The number of alkyl halides is 3. The predicted molar refractivity (Wildman–Crippen MR) is 147 cm³/mol. The van der Waals surface area contributed by atoms with Crippen molar-refractivity contribution >= 4 is 51.0 Å². The van der Waals surface area contributed by atoms with Gasteiger partial charge in [0, 0.05) is 16.6 Å². The molecule has 0 amide bonds. The van der Waals surface area contributed by atoms with Gasteiger partial charge in [-0.1, -0.05) is 35.5 Å². The van der Waals surface area contributed by atoms with Gasteiger partial charge in [0.2, 0.25) is 0 Å². The summed E-state index contributed by atoms with van der Waals surface area (Å²) in [7, 11) is 0. The lowest BCUT2D eigenvalue weighted by molar-refractivity contribution is -0.274. The summed E-state index contributed by atoms with van der Waals surface area (Å²) >= 11 is 5.36. The van der Waals surface area contributed by atoms with Gasteiger partial charge in [0.05, 0.1) is 11.6 Å². The van der Waals surface area contributed by atoms with Gasteiger partial charge in [-0.15, -0.1) is 13.2 Å². The Morgan fingerprint density at radius 3 is 2.39 bits per heavy atom. The number of hydrazone groups is 1. The van der Waals surface area contributed by atoms with Gasteiger partial charge < -0.3 is 14.6 Å². The Morgan fingerprint density at radius 1 is 0.974 bits per heavy atom. The molecule has 0 aliphatic carbocycles. The van der Waals surface area contributed by atoms with Crippen molar-refractivity contribution < 1.29 is 22.4 Å². The number of hydrogen-bond acceptors (Lipinski definition) is 5. The van der Waals surface area contributed by atoms with Crippen molar-refractivity contribution in [2.45, 2.75) is 20.2 Å². The minimum atomic E-state index is -4.75. The lowest BCUT2D eigenvalue weighted by atomic mass is 10.0. The molecular weight excluding hydrogens is 513 g/mol. The lowest BCUT2D eigenvalue weighted by Crippen LogP contribution is -2.24. The van der Waals surface area contributed by atoms with Crippen molar-refractivity contribution in [3.05, 3.63) is 89.5 Å². The van der Waals surface area contributed by atoms with E-state index in [0.717, 1.165) is 38.5 Å². The molecule has 0 saturated heterocycles. The van der Waals surface area contributed by atoms with Crippen LogP contribution in [0.25, 0.3) is 33.0 Å². The third kappa shape index (κ3) is 5.45. The average molecular weight is 535 g/mol. The molecule has 0 aliphatic heterocycles. The minimum Gasteiger partial charge on any atom is -0.406 e. The number of thiocarbonyl (C=S) groups is 1. The number of fused-ring (bicyclic) bond motifs is 3. The molecule has 10 heteroatoms. The second-order valence-corrected chi connectivity index (χ2v) is 9.03. The number of nitrogens with one attached hydrogen (secondary N) is 2. The molecule has 0 aliphatic rings. The average Bonchev–Trinajstić information content (AvgIpc) is 3.30. The number of hydrogen-bond donors (Lipinski definition) is 2. The number of para-hydroxylation sites is 1. The predicted octanol–water partition coefficient (Wildman–Crippen LogP) is 7.48. The molecule has 5 aromatic rings. The van der Waals surface area contributed by atoms with Crippen LogP contribution in [0, 0.1) is 13.8 Å². The highest BCUT2D eigenvalue weighted by Gasteiger charge is 2.31. The second-order valence-electron chi connectivity index (χ2n) is 8.62. The van der Waals surface area contributed by atoms with Crippen molar-refractivity contribution in [2.24, 2.45) is 5.10 Å². The molecule has 0 atom stereocenters. The summed E-state index contributed by atoms with van der Waals surface area (Å²) in [5.41, 5.74) is 8.52. The summed E-state index contributed by atoms with van der Waals surface area (Å²) in [6.07, 6.45) is -3.08. The first-order valence-electron chi connectivity index (χ1n) is 11.5. The van der Waals surface area contributed by atoms with E-state index in [0.29, 0.717) is 22.0 Å². The van der Waals surface area contributed by atoms with Crippen LogP contribution in [0.4, 0.5) is 18.9 Å². The SMILES string of the molecule is Cc1cccc(C)c1NC(=S)NN=Cc1ccc2c(ccc3c(-c4ccc(OC(F)(F)F)cc4)noc32)c1. The zero-order chi connectivity index (χ0) is 26.9. The van der Waals surface area contributed by atoms with Gasteiger partial charge in [0.25, 0.3) is 0 Å². The second kappa shape index (κ2) is 10.1. The zero-order valence-corrected chi connectivity index (χ0v) is 21.1. The molecule has 0 unspecified atom stereocenters. The topological polar surface area (TPSA) is 71.7 Å². The fourth-order valence-corrected chi connectivity index (χ4v) is 4.32. The molecule has 2 N–H and O–H groups in total. The first-order valence-corrected chi connectivity index (χ1v) is 11.9. The lowest BCUT2D eigenvalue weighted by Gasteiger charge is -2.12. The third-order valence-electron chi connectivity index (χ3n) is 5.94. The monoisotopic (exact) mass is 534 g/mol. The highest BCUT2D eigenvalue weighted by atomic mass is 32.1. The van der Waals surface area contributed by atoms with Crippen molar-refractivity contribution in [3.63, 3.8) is 0 Å². The smallest absolute Gasteiger partial charge is 0.406 e. The Hall–Kier alpha value is -4.44. The van der Waals surface area contributed by atoms with E-state index in [1.165, 1.54) is 24.3 Å². The molecule has 1 heterocycles. The molecule has 5 rings (SSSR count). The first-order chi connectivity index (χ1) is 18.2. The summed E-state index contributed by atoms with van der Waals surface area (Å²) < 4.78 is 46.9. The third-order valence-corrected chi connectivity index (χ3v) is 6.13. The van der Waals surface area contributed by atoms with Gasteiger partial charge in [-0.2, -0.15) is 5.10 Å². The molecule has 192 valence electrons. The first kappa shape index (κ1) is 25.2. The van der Waals surface area contributed by atoms with Crippen LogP contribution in [0.1, 0.15) is 16.7 Å². The Bertz CT molecular complexity index is 1660. The summed E-state index contributed by atoms with van der Waals surface area (Å²) in [5, 5.41) is 14.5. The number of ether oxygens (including phenoxy) is 1. The van der Waals surface area contributed by atoms with E-state index in [1.807, 2.05) is 62.4 Å². The van der Waals surface area contributed by atoms with Gasteiger partial charge in [-0.3, -0.25) is 5.43 Å². The van der Waals surface area contributed by atoms with Crippen molar-refractivity contribution in [3.8, 4) is 17.0 Å². The minimum absolute atomic E-state index is 0.301. The summed E-state index contributed by atoms with van der Waals surface area (Å²) in [6.45, 7) is 4.02. The fourth-order valence-electron chi connectivity index (χ4n) is 4.17. The molecule has 6 nitrogen and oxygen atoms in total. The Kier molecular flexibility index (Phi) is 6.73. The normalized spacial score (nSPS) is 11.8. The van der Waals surface area contributed by atoms with E-state index in [-0.39, 0.29) is 5.75 Å². The number of aromatic nitrogens is 1. The van der Waals surface area contributed by atoms with E-state index >= 15 is 0 Å². The van der Waals surface area contributed by atoms with Gasteiger partial charge in [0.1, 0.15) is 11.4 Å². The molecule has 0 radical (unpaired) electrons. The van der Waals surface area contributed by atoms with E-state index in [2.05, 4.69) is 25.7 Å². The highest BCUT2D eigenvalue weighted by Crippen LogP contribution is 2.34. The summed E-state index contributed by atoms with van der Waals surface area (Å²) in [4.78, 5) is 0. The zero-order valence-electron chi connectivity index (χ0n) is 20.3. The Labute approximate surface area is 221 Å². The van der Waals surface area contributed by atoms with Crippen LogP contribution >= 0.6 is 12.2 Å². The van der Waals surface area contributed by atoms with Gasteiger partial charge in [-0.25, -0.2) is 0 Å². The van der Waals surface area contributed by atoms with E-state index in [9.17, 15) is 13.2 Å². The molecule has 0 saturated carbocycles. The van der Waals surface area contributed by atoms with Crippen molar-refractivity contribution in [1.29, 1.82) is 0 Å². The summed E-state index contributed by atoms with van der Waals surface area (Å²) in [6, 6.07) is 21.1. The molecular formula is C28H21F3N4O2S. The van der Waals surface area contributed by atoms with Crippen LogP contribution in [0.2, 0.25) is 0 Å². The van der Waals surface area contributed by atoms with Crippen LogP contribution in [-0.2, 0) is 0 Å². The number of aryl methyl sites for hydroxylation is 2. The quantitative estimate of drug-likeness (QED) is 0.138. The Balaban J connectivity index is 1.32. The molecule has 0 bridgehead atoms. The van der Waals surface area contributed by atoms with Gasteiger partial charge in [0.15, 0.2) is 10.7 Å². The molecule has 0 spiro atoms. The maximum absolute atomic E-state index is 12.4. The molecule has 4 aromatic carbocycles. The number of benzene rings is 4. The maximum atomic E-state index is 12.4. The Morgan fingerprint density at radius 2 is 1.68 bits per heavy atom. The van der Waals surface area contributed by atoms with Crippen LogP contribution in [-0.4, -0.2) is 22.8 Å². The van der Waals surface area contributed by atoms with Crippen LogP contribution < -0.4 is 15.5 Å². The van der Waals surface area contributed by atoms with Crippen LogP contribution in [0.5, 0.6) is 5.75 Å². The fraction of sp³-hybridized carbons (Fsp3) is 0.107. The van der Waals surface area contributed by atoms with E-state index in [4.69, 9.17) is 16.7 Å². The van der Waals surface area contributed by atoms with E-state index in [1.54, 1.807) is 6.21 Å². The molecule has 38 heavy (non-hydrogen) atoms. The largest absolute Gasteiger partial charge is 0.573 e. The number of anilines is 1.